The second-order valence-corrected chi connectivity index (χ2v) is 7.01. The highest BCUT2D eigenvalue weighted by Gasteiger charge is 2.11. The molecule has 0 fully saturated rings. The lowest BCUT2D eigenvalue weighted by molar-refractivity contribution is -0.113. The lowest BCUT2D eigenvalue weighted by atomic mass is 10.2. The number of aromatic nitrogens is 2. The van der Waals surface area contributed by atoms with E-state index >= 15 is 0 Å². The summed E-state index contributed by atoms with van der Waals surface area (Å²) in [5.41, 5.74) is 0.689. The summed E-state index contributed by atoms with van der Waals surface area (Å²) in [5, 5.41) is 3.11. The van der Waals surface area contributed by atoms with Crippen LogP contribution in [0.4, 0.5) is 5.69 Å². The maximum Gasteiger partial charge on any atom is 0.251 e. The fraction of sp³-hybridized carbons (Fsp3) is 0.190. The molecule has 8 nitrogen and oxygen atoms in total. The van der Waals surface area contributed by atoms with Crippen LogP contribution in [0.2, 0.25) is 0 Å². The minimum Gasteiger partial charge on any atom is -0.497 e. The first-order chi connectivity index (χ1) is 14.6. The number of methoxy groups -OCH3 is 2. The molecular formula is C21H21N3O5S. The van der Waals surface area contributed by atoms with Crippen LogP contribution in [0.5, 0.6) is 17.2 Å². The molecule has 156 valence electrons. The number of amides is 1. The smallest absolute Gasteiger partial charge is 0.251 e. The van der Waals surface area contributed by atoms with Gasteiger partial charge in [0.25, 0.3) is 5.56 Å². The van der Waals surface area contributed by atoms with Gasteiger partial charge in [-0.15, -0.1) is 0 Å². The molecule has 3 aromatic rings. The lowest BCUT2D eigenvalue weighted by Gasteiger charge is -2.11. The van der Waals surface area contributed by atoms with Crippen molar-refractivity contribution in [2.24, 2.45) is 0 Å². The number of aromatic amines is 1. The molecule has 0 bridgehead atoms. The van der Waals surface area contributed by atoms with Gasteiger partial charge in [0.1, 0.15) is 23.9 Å². The molecule has 0 radical (unpaired) electrons. The number of ether oxygens (including phenoxy) is 3. The van der Waals surface area contributed by atoms with Gasteiger partial charge in [0, 0.05) is 12.1 Å². The molecule has 0 unspecified atom stereocenters. The number of para-hydroxylation sites is 1. The highest BCUT2D eigenvalue weighted by atomic mass is 32.2. The van der Waals surface area contributed by atoms with Gasteiger partial charge in [-0.3, -0.25) is 9.59 Å². The molecule has 0 aliphatic heterocycles. The Labute approximate surface area is 177 Å². The Hall–Kier alpha value is -3.46. The van der Waals surface area contributed by atoms with E-state index in [2.05, 4.69) is 15.3 Å². The predicted molar refractivity (Wildman–Crippen MR) is 115 cm³/mol. The number of benzene rings is 2. The topological polar surface area (TPSA) is 103 Å². The van der Waals surface area contributed by atoms with E-state index in [9.17, 15) is 9.59 Å². The maximum absolute atomic E-state index is 12.3. The summed E-state index contributed by atoms with van der Waals surface area (Å²) in [6, 6.07) is 15.7. The summed E-state index contributed by atoms with van der Waals surface area (Å²) < 4.78 is 16.0. The molecule has 2 aromatic carbocycles. The van der Waals surface area contributed by atoms with Crippen LogP contribution < -0.4 is 25.1 Å². The number of thioether (sulfide) groups is 1. The van der Waals surface area contributed by atoms with Gasteiger partial charge in [0.05, 0.1) is 31.4 Å². The van der Waals surface area contributed by atoms with E-state index in [1.165, 1.54) is 13.2 Å². The summed E-state index contributed by atoms with van der Waals surface area (Å²) in [7, 11) is 3.06. The molecule has 0 aliphatic carbocycles. The molecule has 1 aromatic heterocycles. The van der Waals surface area contributed by atoms with Gasteiger partial charge in [-0.1, -0.05) is 30.0 Å². The quantitative estimate of drug-likeness (QED) is 0.400. The van der Waals surface area contributed by atoms with Crippen molar-refractivity contribution < 1.29 is 19.0 Å². The third-order valence-electron chi connectivity index (χ3n) is 3.93. The maximum atomic E-state index is 12.3. The van der Waals surface area contributed by atoms with Gasteiger partial charge in [0.2, 0.25) is 5.91 Å². The first-order valence-electron chi connectivity index (χ1n) is 9.00. The van der Waals surface area contributed by atoms with Crippen molar-refractivity contribution in [1.29, 1.82) is 0 Å². The van der Waals surface area contributed by atoms with Gasteiger partial charge in [-0.2, -0.15) is 0 Å². The van der Waals surface area contributed by atoms with E-state index in [4.69, 9.17) is 14.2 Å². The fourth-order valence-electron chi connectivity index (χ4n) is 2.52. The van der Waals surface area contributed by atoms with Gasteiger partial charge in [-0.25, -0.2) is 4.98 Å². The third kappa shape index (κ3) is 6.02. The van der Waals surface area contributed by atoms with Crippen molar-refractivity contribution in [1.82, 2.24) is 9.97 Å². The average Bonchev–Trinajstić information content (AvgIpc) is 2.77. The Morgan fingerprint density at radius 3 is 2.60 bits per heavy atom. The summed E-state index contributed by atoms with van der Waals surface area (Å²) in [4.78, 5) is 31.2. The Kier molecular flexibility index (Phi) is 7.34. The van der Waals surface area contributed by atoms with Crippen LogP contribution in [0.1, 0.15) is 5.69 Å². The standard InChI is InChI=1S/C21H21N3O5S/c1-27-16-8-9-17(18(11-16)28-2)23-20(26)13-30-21-22-14(10-19(25)24-21)12-29-15-6-4-3-5-7-15/h3-11H,12-13H2,1-2H3,(H,23,26)(H,22,24,25). The van der Waals surface area contributed by atoms with Gasteiger partial charge in [0.15, 0.2) is 5.16 Å². The molecule has 2 N–H and O–H groups in total. The normalized spacial score (nSPS) is 10.3. The minimum absolute atomic E-state index is 0.0567. The fourth-order valence-corrected chi connectivity index (χ4v) is 3.22. The van der Waals surface area contributed by atoms with Gasteiger partial charge >= 0.3 is 0 Å². The zero-order valence-electron chi connectivity index (χ0n) is 16.5. The van der Waals surface area contributed by atoms with Crippen LogP contribution in [0.3, 0.4) is 0 Å². The van der Waals surface area contributed by atoms with Crippen LogP contribution in [0, 0.1) is 0 Å². The molecule has 0 aliphatic rings. The van der Waals surface area contributed by atoms with Crippen molar-refractivity contribution in [2.75, 3.05) is 25.3 Å². The average molecular weight is 427 g/mol. The summed E-state index contributed by atoms with van der Waals surface area (Å²) in [6.07, 6.45) is 0. The number of hydrogen-bond acceptors (Lipinski definition) is 7. The van der Waals surface area contributed by atoms with E-state index in [1.54, 1.807) is 25.3 Å². The number of anilines is 1. The number of nitrogens with one attached hydrogen (secondary N) is 2. The zero-order chi connectivity index (χ0) is 21.3. The first-order valence-corrected chi connectivity index (χ1v) is 9.98. The Balaban J connectivity index is 1.59. The Bertz CT molecular complexity index is 1060. The number of carbonyl (C=O) groups excluding carboxylic acids is 1. The van der Waals surface area contributed by atoms with Crippen LogP contribution in [0.25, 0.3) is 0 Å². The summed E-state index contributed by atoms with van der Waals surface area (Å²) in [6.45, 7) is 0.150. The van der Waals surface area contributed by atoms with E-state index in [-0.39, 0.29) is 23.8 Å². The van der Waals surface area contributed by atoms with E-state index < -0.39 is 0 Å². The monoisotopic (exact) mass is 427 g/mol. The molecule has 30 heavy (non-hydrogen) atoms. The second-order valence-electron chi connectivity index (χ2n) is 6.05. The molecular weight excluding hydrogens is 406 g/mol. The van der Waals surface area contributed by atoms with E-state index in [0.29, 0.717) is 33.8 Å². The summed E-state index contributed by atoms with van der Waals surface area (Å²) in [5.74, 6) is 1.58. The van der Waals surface area contributed by atoms with Gasteiger partial charge in [-0.05, 0) is 24.3 Å². The Morgan fingerprint density at radius 2 is 1.87 bits per heavy atom. The highest BCUT2D eigenvalue weighted by molar-refractivity contribution is 7.99. The molecule has 1 amide bonds. The van der Waals surface area contributed by atoms with Crippen LogP contribution in [0.15, 0.2) is 64.5 Å². The molecule has 0 atom stereocenters. The van der Waals surface area contributed by atoms with Crippen molar-refractivity contribution in [3.05, 3.63) is 70.6 Å². The van der Waals surface area contributed by atoms with Gasteiger partial charge < -0.3 is 24.5 Å². The van der Waals surface area contributed by atoms with Crippen molar-refractivity contribution >= 4 is 23.4 Å². The minimum atomic E-state index is -0.309. The molecule has 3 rings (SSSR count). The number of H-pyrrole nitrogens is 1. The lowest BCUT2D eigenvalue weighted by Crippen LogP contribution is -2.16. The van der Waals surface area contributed by atoms with Crippen LogP contribution in [-0.4, -0.2) is 35.8 Å². The Morgan fingerprint density at radius 1 is 1.07 bits per heavy atom. The zero-order valence-corrected chi connectivity index (χ0v) is 17.3. The third-order valence-corrected chi connectivity index (χ3v) is 4.80. The first kappa shape index (κ1) is 21.3. The van der Waals surface area contributed by atoms with Crippen LogP contribution in [-0.2, 0) is 11.4 Å². The molecule has 0 spiro atoms. The number of hydrogen-bond donors (Lipinski definition) is 2. The molecule has 9 heteroatoms. The van der Waals surface area contributed by atoms with E-state index in [0.717, 1.165) is 11.8 Å². The van der Waals surface area contributed by atoms with E-state index in [1.807, 2.05) is 30.3 Å². The number of nitrogens with zero attached hydrogens (tertiary/aromatic N) is 1. The number of carbonyl (C=O) groups is 1. The summed E-state index contributed by atoms with van der Waals surface area (Å²) >= 11 is 1.12. The van der Waals surface area contributed by atoms with Crippen molar-refractivity contribution in [3.8, 4) is 17.2 Å². The van der Waals surface area contributed by atoms with Crippen molar-refractivity contribution in [3.63, 3.8) is 0 Å². The largest absolute Gasteiger partial charge is 0.497 e. The van der Waals surface area contributed by atoms with Crippen LogP contribution >= 0.6 is 11.8 Å². The highest BCUT2D eigenvalue weighted by Crippen LogP contribution is 2.29. The molecule has 0 saturated heterocycles. The molecule has 0 saturated carbocycles. The number of rotatable bonds is 9. The van der Waals surface area contributed by atoms with Crippen molar-refractivity contribution in [2.45, 2.75) is 11.8 Å². The molecule has 1 heterocycles. The SMILES string of the molecule is COc1ccc(NC(=O)CSc2nc(COc3ccccc3)cc(=O)[nH]2)c(OC)c1. The second kappa shape index (κ2) is 10.4. The predicted octanol–water partition coefficient (Wildman–Crippen LogP) is 3.10.